The minimum Gasteiger partial charge on any atom is -0.477 e. The van der Waals surface area contributed by atoms with E-state index in [-0.39, 0.29) is 22.6 Å². The van der Waals surface area contributed by atoms with E-state index in [0.29, 0.717) is 25.9 Å². The lowest BCUT2D eigenvalue weighted by Crippen LogP contribution is -2.28. The third-order valence-corrected chi connectivity index (χ3v) is 4.23. The van der Waals surface area contributed by atoms with Gasteiger partial charge in [-0.1, -0.05) is 0 Å². The molecule has 0 saturated heterocycles. The number of carbonyl (C=O) groups excluding carboxylic acids is 2. The molecule has 0 aromatic carbocycles. The van der Waals surface area contributed by atoms with E-state index in [1.807, 2.05) is 0 Å². The van der Waals surface area contributed by atoms with Crippen LogP contribution in [-0.2, 0) is 16.1 Å². The van der Waals surface area contributed by atoms with E-state index in [4.69, 9.17) is 5.11 Å². The first kappa shape index (κ1) is 15.5. The van der Waals surface area contributed by atoms with Gasteiger partial charge in [0.05, 0.1) is 6.54 Å². The monoisotopic (exact) mass is 310 g/mol. The van der Waals surface area contributed by atoms with Gasteiger partial charge in [-0.2, -0.15) is 0 Å². The Morgan fingerprint density at radius 1 is 1.24 bits per heavy atom. The summed E-state index contributed by atoms with van der Waals surface area (Å²) in [6.45, 7) is 0.857. The Balaban J connectivity index is 1.58. The van der Waals surface area contributed by atoms with Crippen LogP contribution in [0.15, 0.2) is 12.1 Å². The van der Waals surface area contributed by atoms with Gasteiger partial charge in [0.15, 0.2) is 0 Å². The zero-order chi connectivity index (χ0) is 15.2. The van der Waals surface area contributed by atoms with Gasteiger partial charge < -0.3 is 15.7 Å². The van der Waals surface area contributed by atoms with Crippen molar-refractivity contribution in [3.8, 4) is 0 Å². The second-order valence-corrected chi connectivity index (χ2v) is 6.19. The average Bonchev–Trinajstić information content (AvgIpc) is 3.19. The predicted molar refractivity (Wildman–Crippen MR) is 78.1 cm³/mol. The van der Waals surface area contributed by atoms with Crippen LogP contribution in [0.5, 0.6) is 0 Å². The van der Waals surface area contributed by atoms with Crippen LogP contribution in [0.1, 0.15) is 40.2 Å². The highest BCUT2D eigenvalue weighted by molar-refractivity contribution is 7.13. The molecule has 0 spiro atoms. The predicted octanol–water partition coefficient (Wildman–Crippen LogP) is 1.37. The van der Waals surface area contributed by atoms with Crippen LogP contribution in [0, 0.1) is 5.92 Å². The van der Waals surface area contributed by atoms with E-state index in [1.54, 1.807) is 6.07 Å². The van der Waals surface area contributed by atoms with Crippen LogP contribution in [0.25, 0.3) is 0 Å². The lowest BCUT2D eigenvalue weighted by atomic mass is 10.3. The standard InChI is InChI=1S/C14H18N2O4S/c17-12(2-1-7-15-13(18)9-3-4-9)16-8-10-5-6-11(21-10)14(19)20/h5-6,9H,1-4,7-8H2,(H,15,18)(H,16,17)(H,19,20). The number of hydrogen-bond acceptors (Lipinski definition) is 4. The quantitative estimate of drug-likeness (QED) is 0.632. The number of carboxylic acid groups (broad SMARTS) is 1. The Bertz CT molecular complexity index is 537. The average molecular weight is 310 g/mol. The molecule has 0 bridgehead atoms. The van der Waals surface area contributed by atoms with Crippen molar-refractivity contribution in [3.05, 3.63) is 21.9 Å². The van der Waals surface area contributed by atoms with Crippen molar-refractivity contribution < 1.29 is 19.5 Å². The van der Waals surface area contributed by atoms with Gasteiger partial charge in [0.1, 0.15) is 4.88 Å². The normalized spacial score (nSPS) is 13.7. The Kier molecular flexibility index (Phi) is 5.32. The van der Waals surface area contributed by atoms with Crippen molar-refractivity contribution >= 4 is 29.1 Å². The Labute approximate surface area is 126 Å². The lowest BCUT2D eigenvalue weighted by Gasteiger charge is -2.05. The van der Waals surface area contributed by atoms with Crippen molar-refractivity contribution in [3.63, 3.8) is 0 Å². The van der Waals surface area contributed by atoms with E-state index >= 15 is 0 Å². The summed E-state index contributed by atoms with van der Waals surface area (Å²) in [5.41, 5.74) is 0. The molecule has 1 aliphatic carbocycles. The van der Waals surface area contributed by atoms with E-state index in [9.17, 15) is 14.4 Å². The summed E-state index contributed by atoms with van der Waals surface area (Å²) in [5, 5.41) is 14.3. The topological polar surface area (TPSA) is 95.5 Å². The van der Waals surface area contributed by atoms with Gasteiger partial charge in [-0.15, -0.1) is 11.3 Å². The Morgan fingerprint density at radius 3 is 2.62 bits per heavy atom. The number of thiophene rings is 1. The number of nitrogens with one attached hydrogen (secondary N) is 2. The first-order chi connectivity index (χ1) is 10.1. The highest BCUT2D eigenvalue weighted by atomic mass is 32.1. The molecule has 2 amide bonds. The van der Waals surface area contributed by atoms with E-state index in [2.05, 4.69) is 10.6 Å². The van der Waals surface area contributed by atoms with Crippen LogP contribution in [0.4, 0.5) is 0 Å². The van der Waals surface area contributed by atoms with Crippen LogP contribution >= 0.6 is 11.3 Å². The molecule has 1 fully saturated rings. The summed E-state index contributed by atoms with van der Waals surface area (Å²) in [7, 11) is 0. The number of amides is 2. The number of aromatic carboxylic acids is 1. The molecular weight excluding hydrogens is 292 g/mol. The number of carboxylic acids is 1. The molecule has 7 heteroatoms. The van der Waals surface area contributed by atoms with Crippen molar-refractivity contribution in [2.45, 2.75) is 32.2 Å². The molecule has 3 N–H and O–H groups in total. The fraction of sp³-hybridized carbons (Fsp3) is 0.500. The Morgan fingerprint density at radius 2 is 2.00 bits per heavy atom. The first-order valence-corrected chi connectivity index (χ1v) is 7.74. The van der Waals surface area contributed by atoms with E-state index < -0.39 is 5.97 Å². The Hall–Kier alpha value is -1.89. The number of carbonyl (C=O) groups is 3. The molecule has 1 aromatic rings. The summed E-state index contributed by atoms with van der Waals surface area (Å²) < 4.78 is 0. The minimum atomic E-state index is -0.955. The second-order valence-electron chi connectivity index (χ2n) is 5.02. The number of rotatable bonds is 8. The van der Waals surface area contributed by atoms with Crippen LogP contribution < -0.4 is 10.6 Å². The smallest absolute Gasteiger partial charge is 0.345 e. The maximum atomic E-state index is 11.6. The van der Waals surface area contributed by atoms with E-state index in [1.165, 1.54) is 6.07 Å². The molecular formula is C14H18N2O4S. The van der Waals surface area contributed by atoms with Crippen molar-refractivity contribution in [1.29, 1.82) is 0 Å². The lowest BCUT2D eigenvalue weighted by molar-refractivity contribution is -0.123. The molecule has 0 radical (unpaired) electrons. The SMILES string of the molecule is O=C(CCCNC(=O)C1CC1)NCc1ccc(C(=O)O)s1. The van der Waals surface area contributed by atoms with Crippen LogP contribution in [0.3, 0.4) is 0 Å². The molecule has 114 valence electrons. The molecule has 1 aromatic heterocycles. The van der Waals surface area contributed by atoms with Crippen LogP contribution in [-0.4, -0.2) is 29.4 Å². The maximum Gasteiger partial charge on any atom is 0.345 e. The zero-order valence-electron chi connectivity index (χ0n) is 11.6. The van der Waals surface area contributed by atoms with Crippen molar-refractivity contribution in [2.75, 3.05) is 6.54 Å². The molecule has 6 nitrogen and oxygen atoms in total. The van der Waals surface area contributed by atoms with E-state index in [0.717, 1.165) is 29.1 Å². The van der Waals surface area contributed by atoms with Gasteiger partial charge in [-0.25, -0.2) is 4.79 Å². The summed E-state index contributed by atoms with van der Waals surface area (Å²) in [6, 6.07) is 3.23. The minimum absolute atomic E-state index is 0.0928. The van der Waals surface area contributed by atoms with Gasteiger partial charge in [-0.3, -0.25) is 9.59 Å². The first-order valence-electron chi connectivity index (χ1n) is 6.92. The van der Waals surface area contributed by atoms with Crippen molar-refractivity contribution in [1.82, 2.24) is 10.6 Å². The highest BCUT2D eigenvalue weighted by Crippen LogP contribution is 2.28. The second kappa shape index (κ2) is 7.21. The van der Waals surface area contributed by atoms with Crippen molar-refractivity contribution in [2.24, 2.45) is 5.92 Å². The zero-order valence-corrected chi connectivity index (χ0v) is 12.4. The largest absolute Gasteiger partial charge is 0.477 e. The highest BCUT2D eigenvalue weighted by Gasteiger charge is 2.28. The molecule has 2 rings (SSSR count). The molecule has 1 aliphatic rings. The molecule has 1 heterocycles. The van der Waals surface area contributed by atoms with Crippen LogP contribution in [0.2, 0.25) is 0 Å². The molecule has 0 aliphatic heterocycles. The third kappa shape index (κ3) is 5.18. The molecule has 0 unspecified atom stereocenters. The molecule has 21 heavy (non-hydrogen) atoms. The van der Waals surface area contributed by atoms with Gasteiger partial charge in [0, 0.05) is 23.8 Å². The summed E-state index contributed by atoms with van der Waals surface area (Å²) in [6.07, 6.45) is 2.91. The molecule has 1 saturated carbocycles. The summed E-state index contributed by atoms with van der Waals surface area (Å²) in [5.74, 6) is -0.763. The molecule has 0 atom stereocenters. The fourth-order valence-electron chi connectivity index (χ4n) is 1.81. The summed E-state index contributed by atoms with van der Waals surface area (Å²) >= 11 is 1.15. The van der Waals surface area contributed by atoms with Gasteiger partial charge in [0.2, 0.25) is 11.8 Å². The van der Waals surface area contributed by atoms with Gasteiger partial charge in [0.25, 0.3) is 0 Å². The third-order valence-electron chi connectivity index (χ3n) is 3.16. The van der Waals surface area contributed by atoms with Gasteiger partial charge in [-0.05, 0) is 31.4 Å². The fourth-order valence-corrected chi connectivity index (χ4v) is 2.60. The number of hydrogen-bond donors (Lipinski definition) is 3. The van der Waals surface area contributed by atoms with Gasteiger partial charge >= 0.3 is 5.97 Å². The summed E-state index contributed by atoms with van der Waals surface area (Å²) in [4.78, 5) is 34.8. The maximum absolute atomic E-state index is 11.6.